The van der Waals surface area contributed by atoms with Gasteiger partial charge in [-0.25, -0.2) is 19.9 Å². The molecule has 3 aliphatic rings. The first kappa shape index (κ1) is 87.4. The number of pyridine rings is 1. The van der Waals surface area contributed by atoms with Gasteiger partial charge in [-0.3, -0.25) is 14.1 Å². The van der Waals surface area contributed by atoms with E-state index in [4.69, 9.17) is 24.4 Å². The third kappa shape index (κ3) is 14.3. The van der Waals surface area contributed by atoms with Crippen LogP contribution in [0.1, 0.15) is 25.0 Å². The first-order chi connectivity index (χ1) is 72.7. The number of hydrogen-bond acceptors (Lipinski definition) is 7. The normalized spacial score (nSPS) is 13.8. The van der Waals surface area contributed by atoms with Crippen LogP contribution in [0.2, 0.25) is 13.1 Å². The molecule has 9 heterocycles. The van der Waals surface area contributed by atoms with E-state index in [1.807, 2.05) is 121 Å². The Hall–Kier alpha value is -18.4. The van der Waals surface area contributed by atoms with Crippen molar-refractivity contribution in [2.75, 3.05) is 0 Å². The molecule has 0 radical (unpaired) electrons. The summed E-state index contributed by atoms with van der Waals surface area (Å²) in [5, 5.41) is 17.7. The molecular formula is C136H93N8O2PSi. The summed E-state index contributed by atoms with van der Waals surface area (Å²) < 4.78 is 28.0. The van der Waals surface area contributed by atoms with Crippen molar-refractivity contribution >= 4 is 140 Å². The van der Waals surface area contributed by atoms with E-state index >= 15 is 0 Å². The van der Waals surface area contributed by atoms with Crippen LogP contribution in [-0.2, 0) is 9.98 Å². The highest BCUT2D eigenvalue weighted by Gasteiger charge is 2.42. The van der Waals surface area contributed by atoms with Gasteiger partial charge in [0.05, 0.1) is 61.6 Å². The molecule has 1 aliphatic carbocycles. The molecule has 20 aromatic carbocycles. The van der Waals surface area contributed by atoms with Crippen LogP contribution in [0.25, 0.3) is 239 Å². The average molecular weight is 1930 g/mol. The van der Waals surface area contributed by atoms with Gasteiger partial charge in [-0.2, -0.15) is 0 Å². The van der Waals surface area contributed by atoms with E-state index in [1.54, 1.807) is 0 Å². The van der Waals surface area contributed by atoms with Crippen molar-refractivity contribution in [3.05, 3.63) is 503 Å². The molecule has 148 heavy (non-hydrogen) atoms. The monoisotopic (exact) mass is 1930 g/mol. The number of nitrogens with zero attached hydrogens (tertiary/aromatic N) is 8. The topological polar surface area (TPSA) is 109 Å². The van der Waals surface area contributed by atoms with Crippen molar-refractivity contribution < 1.29 is 8.98 Å². The molecule has 0 spiro atoms. The summed E-state index contributed by atoms with van der Waals surface area (Å²) in [6.45, 7) is 9.65. The second kappa shape index (κ2) is 34.7. The van der Waals surface area contributed by atoms with Crippen molar-refractivity contribution in [3.8, 4) is 141 Å². The molecule has 0 saturated heterocycles. The van der Waals surface area contributed by atoms with Gasteiger partial charge < -0.3 is 13.5 Å². The highest BCUT2D eigenvalue weighted by atomic mass is 31.2. The number of rotatable bonds is 12. The second-order valence-corrected chi connectivity index (χ2v) is 47.0. The molecule has 0 amide bonds. The number of furan rings is 1. The molecule has 27 aromatic rings. The van der Waals surface area contributed by atoms with Crippen LogP contribution in [0, 0.1) is 0 Å². The highest BCUT2D eigenvalue weighted by molar-refractivity contribution is 7.86. The van der Waals surface area contributed by atoms with Crippen molar-refractivity contribution in [2.24, 2.45) is 0 Å². The Morgan fingerprint density at radius 1 is 0.257 bits per heavy atom. The summed E-state index contributed by atoms with van der Waals surface area (Å²) in [6, 6.07) is 172. The summed E-state index contributed by atoms with van der Waals surface area (Å²) >= 11 is 0. The van der Waals surface area contributed by atoms with Crippen LogP contribution in [0.3, 0.4) is 0 Å². The van der Waals surface area contributed by atoms with Crippen molar-refractivity contribution in [2.45, 2.75) is 32.4 Å². The van der Waals surface area contributed by atoms with E-state index in [0.29, 0.717) is 11.9 Å². The van der Waals surface area contributed by atoms with Gasteiger partial charge in [0, 0.05) is 104 Å². The largest absolute Gasteiger partial charge is 0.456 e. The standard InChI is InChI=1S/C48H32N2O.C46H30N3OP.C42H31N3Si/c1-48(2)40-27-32(42-12-7-8-24-49-42)14-19-35(40)36-20-18-33(28-41(36)48)50-43-21-16-30(26-39(43)47-34-10-4-3-9-29(34)15-22-44(47)50)31-17-23-46-38(25-31)37-11-5-6-13-45(37)51-46;50-51(35-18-8-3-9-19-35)44-23-13-11-21-37(44)39-29-34(25-27-45(39)51)33-24-26-43-38(28-33)36-20-10-12-22-42(36)49(43)46-47-40(31-14-4-1-5-15-31)30-41(48-46)32-16-6-2-7-17-32;1-46(2)40-20-12-10-18-33(40)35-26-31(22-24-41(35)46)30-21-23-39-34(25-30)32-17-9-11-19-38(32)45(39)42-43-36(28-13-5-3-6-14-28)27-37(44-42)29-15-7-4-8-16-29/h3-28H,1-2H3;1-30H;3-27H,1-2H3. The van der Waals surface area contributed by atoms with Crippen LogP contribution in [0.4, 0.5) is 0 Å². The number of aromatic nitrogens is 8. The number of hydrogen-bond donors (Lipinski definition) is 0. The van der Waals surface area contributed by atoms with E-state index in [0.717, 1.165) is 149 Å². The fraction of sp³-hybridized carbons (Fsp3) is 0.0368. The van der Waals surface area contributed by atoms with Crippen LogP contribution in [0.5, 0.6) is 0 Å². The van der Waals surface area contributed by atoms with Gasteiger partial charge in [0.1, 0.15) is 19.2 Å². The van der Waals surface area contributed by atoms with Gasteiger partial charge >= 0.3 is 0 Å². The van der Waals surface area contributed by atoms with Gasteiger partial charge in [-0.15, -0.1) is 0 Å². The van der Waals surface area contributed by atoms with Crippen molar-refractivity contribution in [3.63, 3.8) is 0 Å². The molecule has 0 saturated carbocycles. The summed E-state index contributed by atoms with van der Waals surface area (Å²) in [5.41, 5.74) is 36.6. The Morgan fingerprint density at radius 3 is 1.27 bits per heavy atom. The summed E-state index contributed by atoms with van der Waals surface area (Å²) in [6.07, 6.45) is 1.87. The second-order valence-electron chi connectivity index (χ2n) is 40.0. The van der Waals surface area contributed by atoms with Crippen LogP contribution >= 0.6 is 7.14 Å². The van der Waals surface area contributed by atoms with Gasteiger partial charge in [0.2, 0.25) is 11.9 Å². The van der Waals surface area contributed by atoms with E-state index < -0.39 is 15.2 Å². The quantitative estimate of drug-likeness (QED) is 0.0885. The molecule has 0 N–H and O–H groups in total. The fourth-order valence-electron chi connectivity index (χ4n) is 23.7. The van der Waals surface area contributed by atoms with E-state index in [2.05, 4.69) is 416 Å². The Bertz CT molecular complexity index is 10000. The zero-order valence-electron chi connectivity index (χ0n) is 81.6. The maximum Gasteiger partial charge on any atom is 0.235 e. The molecular weight excluding hydrogens is 1840 g/mol. The summed E-state index contributed by atoms with van der Waals surface area (Å²) in [5.74, 6) is 1.29. The first-order valence-corrected chi connectivity index (χ1v) is 55.3. The zero-order valence-corrected chi connectivity index (χ0v) is 83.5. The Kier molecular flexibility index (Phi) is 20.5. The lowest BCUT2D eigenvalue weighted by Gasteiger charge is -2.23. The minimum atomic E-state index is -2.99. The number of para-hydroxylation sites is 3. The molecule has 1 unspecified atom stereocenters. The first-order valence-electron chi connectivity index (χ1n) is 50.6. The summed E-state index contributed by atoms with van der Waals surface area (Å²) in [7, 11) is -4.68. The van der Waals surface area contributed by atoms with Crippen LogP contribution in [0.15, 0.2) is 496 Å². The average Bonchev–Trinajstić information content (AvgIpc) is 1.58. The van der Waals surface area contributed by atoms with Crippen molar-refractivity contribution in [1.82, 2.24) is 38.6 Å². The van der Waals surface area contributed by atoms with Gasteiger partial charge in [-0.1, -0.05) is 379 Å². The van der Waals surface area contributed by atoms with Crippen LogP contribution < -0.4 is 26.3 Å². The smallest absolute Gasteiger partial charge is 0.235 e. The molecule has 1 atom stereocenters. The molecule has 698 valence electrons. The van der Waals surface area contributed by atoms with Gasteiger partial charge in [0.15, 0.2) is 7.14 Å². The Labute approximate surface area is 856 Å². The fourth-order valence-corrected chi connectivity index (χ4v) is 29.8. The van der Waals surface area contributed by atoms with E-state index in [-0.39, 0.29) is 5.41 Å². The molecule has 2 aliphatic heterocycles. The maximum atomic E-state index is 15.0. The Morgan fingerprint density at radius 2 is 0.676 bits per heavy atom. The van der Waals surface area contributed by atoms with E-state index in [9.17, 15) is 4.57 Å². The molecule has 7 aromatic heterocycles. The van der Waals surface area contributed by atoms with Gasteiger partial charge in [0.25, 0.3) is 0 Å². The van der Waals surface area contributed by atoms with Crippen molar-refractivity contribution in [1.29, 1.82) is 0 Å². The molecule has 30 rings (SSSR count). The maximum absolute atomic E-state index is 15.0. The lowest BCUT2D eigenvalue weighted by molar-refractivity contribution is 0.593. The minimum absolute atomic E-state index is 0.167. The third-order valence-corrected chi connectivity index (χ3v) is 37.7. The Balaban J connectivity index is 0.000000107. The van der Waals surface area contributed by atoms with Gasteiger partial charge in [-0.05, 0) is 232 Å². The molecule has 12 heteroatoms. The minimum Gasteiger partial charge on any atom is -0.456 e. The SMILES string of the molecule is CC1(C)c2cc(-c3ccccn3)ccc2-c2ccc(-n3c4ccc(-c5ccc6oc7ccccc7c6c5)cc4c4c5ccccc5ccc43)cc21.C[Si]1(C)c2ccccc2-c2cc(-c3ccc4c(c3)c3ccccc3n4-c3nc(-c4ccccc4)cc(-c4ccccc4)n3)ccc21.O=P1(c2ccccc2)c2ccccc2-c2cc(-c3ccc4c(c3)c3ccccc3n4-c3nc(-c4ccccc4)cc(-c4ccccc4)n3)ccc21. The lowest BCUT2D eigenvalue weighted by atomic mass is 9.81. The van der Waals surface area contributed by atoms with Crippen LogP contribution in [-0.4, -0.2) is 46.7 Å². The molecule has 0 fully saturated rings. The molecule has 0 bridgehead atoms. The predicted molar refractivity (Wildman–Crippen MR) is 618 cm³/mol. The lowest BCUT2D eigenvalue weighted by Crippen LogP contribution is -2.49. The highest BCUT2D eigenvalue weighted by Crippen LogP contribution is 2.55. The van der Waals surface area contributed by atoms with E-state index in [1.165, 1.54) is 115 Å². The number of fused-ring (bicyclic) bond motifs is 23. The number of benzene rings is 20. The predicted octanol–water partition coefficient (Wildman–Crippen LogP) is 32.4. The molecule has 10 nitrogen and oxygen atoms in total. The zero-order chi connectivity index (χ0) is 98.6. The third-order valence-electron chi connectivity index (χ3n) is 30.9. The summed E-state index contributed by atoms with van der Waals surface area (Å²) in [4.78, 5) is 25.4.